The van der Waals surface area contributed by atoms with Crippen molar-refractivity contribution in [3.8, 4) is 0 Å². The topological polar surface area (TPSA) is 74.6 Å². The highest BCUT2D eigenvalue weighted by Crippen LogP contribution is 2.21. The Morgan fingerprint density at radius 3 is 2.19 bits per heavy atom. The molecule has 0 spiro atoms. The molecule has 0 amide bonds. The van der Waals surface area contributed by atoms with Gasteiger partial charge in [-0.2, -0.15) is 0 Å². The summed E-state index contributed by atoms with van der Waals surface area (Å²) in [5.74, 6) is -2.77. The molecular formula is C12H14O4. The van der Waals surface area contributed by atoms with Crippen LogP contribution in [0.1, 0.15) is 24.2 Å². The van der Waals surface area contributed by atoms with Crippen molar-refractivity contribution in [3.05, 3.63) is 35.9 Å². The van der Waals surface area contributed by atoms with Crippen LogP contribution in [-0.2, 0) is 4.79 Å². The highest BCUT2D eigenvalue weighted by molar-refractivity contribution is 6.01. The second kappa shape index (κ2) is 4.45. The fourth-order valence-electron chi connectivity index (χ4n) is 1.29. The van der Waals surface area contributed by atoms with Crippen molar-refractivity contribution in [1.82, 2.24) is 0 Å². The number of hydrogen-bond acceptors (Lipinski definition) is 3. The number of Topliss-reactive ketones (excluding diaryl/α,β-unsaturated/α-hetero) is 1. The molecule has 0 saturated heterocycles. The predicted molar refractivity (Wildman–Crippen MR) is 58.2 cm³/mol. The van der Waals surface area contributed by atoms with Crippen LogP contribution in [0.3, 0.4) is 0 Å². The zero-order chi connectivity index (χ0) is 12.3. The first kappa shape index (κ1) is 12.4. The summed E-state index contributed by atoms with van der Waals surface area (Å²) < 4.78 is 0. The molecule has 2 unspecified atom stereocenters. The van der Waals surface area contributed by atoms with E-state index < -0.39 is 17.5 Å². The van der Waals surface area contributed by atoms with Crippen molar-refractivity contribution in [2.24, 2.45) is 5.92 Å². The van der Waals surface area contributed by atoms with E-state index in [0.717, 1.165) is 6.92 Å². The van der Waals surface area contributed by atoms with Gasteiger partial charge in [0.25, 0.3) is 0 Å². The van der Waals surface area contributed by atoms with Crippen molar-refractivity contribution >= 4 is 11.8 Å². The second-order valence-electron chi connectivity index (χ2n) is 3.90. The molecule has 1 aromatic carbocycles. The Hall–Kier alpha value is -1.68. The lowest BCUT2D eigenvalue weighted by Crippen LogP contribution is -2.45. The van der Waals surface area contributed by atoms with E-state index >= 15 is 0 Å². The highest BCUT2D eigenvalue weighted by atomic mass is 16.4. The van der Waals surface area contributed by atoms with Crippen molar-refractivity contribution in [2.45, 2.75) is 19.4 Å². The predicted octanol–water partition coefficient (Wildman–Crippen LogP) is 1.34. The molecule has 0 bridgehead atoms. The Morgan fingerprint density at radius 2 is 1.75 bits per heavy atom. The van der Waals surface area contributed by atoms with Gasteiger partial charge in [-0.05, 0) is 6.92 Å². The normalized spacial score (nSPS) is 16.2. The van der Waals surface area contributed by atoms with E-state index in [1.165, 1.54) is 6.92 Å². The third-order valence-electron chi connectivity index (χ3n) is 2.73. The number of ketones is 1. The summed E-state index contributed by atoms with van der Waals surface area (Å²) in [5, 5.41) is 18.5. The minimum absolute atomic E-state index is 0.381. The van der Waals surface area contributed by atoms with Crippen LogP contribution < -0.4 is 0 Å². The summed E-state index contributed by atoms with van der Waals surface area (Å²) in [6.45, 7) is 2.53. The summed E-state index contributed by atoms with van der Waals surface area (Å²) in [5.41, 5.74) is -1.65. The summed E-state index contributed by atoms with van der Waals surface area (Å²) in [6.07, 6.45) is 0. The Balaban J connectivity index is 2.96. The average Bonchev–Trinajstić information content (AvgIpc) is 2.28. The van der Waals surface area contributed by atoms with Gasteiger partial charge >= 0.3 is 5.97 Å². The van der Waals surface area contributed by atoms with Crippen LogP contribution >= 0.6 is 0 Å². The maximum Gasteiger partial charge on any atom is 0.336 e. The van der Waals surface area contributed by atoms with Crippen LogP contribution in [0.4, 0.5) is 0 Å². The number of rotatable bonds is 4. The monoisotopic (exact) mass is 222 g/mol. The van der Waals surface area contributed by atoms with Crippen molar-refractivity contribution < 1.29 is 19.8 Å². The smallest absolute Gasteiger partial charge is 0.336 e. The van der Waals surface area contributed by atoms with Gasteiger partial charge in [0.1, 0.15) is 0 Å². The number of carboxylic acid groups (broad SMARTS) is 1. The molecular weight excluding hydrogens is 208 g/mol. The summed E-state index contributed by atoms with van der Waals surface area (Å²) in [7, 11) is 0. The fraction of sp³-hybridized carbons (Fsp3) is 0.333. The summed E-state index contributed by atoms with van der Waals surface area (Å²) in [4.78, 5) is 22.7. The van der Waals surface area contributed by atoms with Crippen LogP contribution in [0, 0.1) is 5.92 Å². The van der Waals surface area contributed by atoms with Crippen molar-refractivity contribution in [3.63, 3.8) is 0 Å². The first-order chi connectivity index (χ1) is 7.37. The maximum atomic E-state index is 11.9. The average molecular weight is 222 g/mol. The van der Waals surface area contributed by atoms with Gasteiger partial charge < -0.3 is 10.2 Å². The number of aliphatic hydroxyl groups is 1. The first-order valence-corrected chi connectivity index (χ1v) is 4.92. The number of hydrogen-bond donors (Lipinski definition) is 2. The van der Waals surface area contributed by atoms with E-state index in [1.54, 1.807) is 30.3 Å². The molecule has 0 aliphatic carbocycles. The lowest BCUT2D eigenvalue weighted by atomic mass is 9.84. The van der Waals surface area contributed by atoms with Gasteiger partial charge in [-0.15, -0.1) is 0 Å². The standard InChI is InChI=1S/C12H14O4/c1-8(12(2,16)11(14)15)10(13)9-6-4-3-5-7-9/h3-8,16H,1-2H3,(H,14,15). The largest absolute Gasteiger partial charge is 0.479 e. The lowest BCUT2D eigenvalue weighted by molar-refractivity contribution is -0.159. The van der Waals surface area contributed by atoms with Gasteiger partial charge in [-0.3, -0.25) is 4.79 Å². The quantitative estimate of drug-likeness (QED) is 0.754. The van der Waals surface area contributed by atoms with Gasteiger partial charge in [0.2, 0.25) is 0 Å². The minimum atomic E-state index is -2.05. The second-order valence-corrected chi connectivity index (χ2v) is 3.90. The minimum Gasteiger partial charge on any atom is -0.479 e. The molecule has 2 N–H and O–H groups in total. The third-order valence-corrected chi connectivity index (χ3v) is 2.73. The molecule has 0 heterocycles. The number of carboxylic acids is 1. The van der Waals surface area contributed by atoms with E-state index in [1.807, 2.05) is 0 Å². The van der Waals surface area contributed by atoms with Gasteiger partial charge in [-0.1, -0.05) is 37.3 Å². The van der Waals surface area contributed by atoms with Crippen LogP contribution in [0.2, 0.25) is 0 Å². The molecule has 0 fully saturated rings. The summed E-state index contributed by atoms with van der Waals surface area (Å²) >= 11 is 0. The van der Waals surface area contributed by atoms with Gasteiger partial charge in [0, 0.05) is 5.56 Å². The summed E-state index contributed by atoms with van der Waals surface area (Å²) in [6, 6.07) is 8.33. The van der Waals surface area contributed by atoms with E-state index in [0.29, 0.717) is 5.56 Å². The molecule has 0 saturated carbocycles. The van der Waals surface area contributed by atoms with Gasteiger partial charge in [0.05, 0.1) is 5.92 Å². The SMILES string of the molecule is CC(C(=O)c1ccccc1)C(C)(O)C(=O)O. The Bertz CT molecular complexity index is 395. The molecule has 4 heteroatoms. The molecule has 4 nitrogen and oxygen atoms in total. The molecule has 16 heavy (non-hydrogen) atoms. The van der Waals surface area contributed by atoms with Crippen LogP contribution in [0.5, 0.6) is 0 Å². The zero-order valence-corrected chi connectivity index (χ0v) is 9.18. The maximum absolute atomic E-state index is 11.9. The Labute approximate surface area is 93.5 Å². The first-order valence-electron chi connectivity index (χ1n) is 4.92. The fourth-order valence-corrected chi connectivity index (χ4v) is 1.29. The number of benzene rings is 1. The number of aliphatic carboxylic acids is 1. The molecule has 1 rings (SSSR count). The van der Waals surface area contributed by atoms with Crippen molar-refractivity contribution in [2.75, 3.05) is 0 Å². The van der Waals surface area contributed by atoms with E-state index in [4.69, 9.17) is 5.11 Å². The molecule has 1 aromatic rings. The van der Waals surface area contributed by atoms with Gasteiger partial charge in [0.15, 0.2) is 11.4 Å². The highest BCUT2D eigenvalue weighted by Gasteiger charge is 2.40. The Kier molecular flexibility index (Phi) is 3.44. The number of carbonyl (C=O) groups excluding carboxylic acids is 1. The molecule has 2 atom stereocenters. The van der Waals surface area contributed by atoms with Crippen LogP contribution in [0.15, 0.2) is 30.3 Å². The van der Waals surface area contributed by atoms with E-state index in [-0.39, 0.29) is 5.78 Å². The van der Waals surface area contributed by atoms with E-state index in [9.17, 15) is 14.7 Å². The van der Waals surface area contributed by atoms with Crippen molar-refractivity contribution in [1.29, 1.82) is 0 Å². The lowest BCUT2D eigenvalue weighted by Gasteiger charge is -2.24. The zero-order valence-electron chi connectivity index (χ0n) is 9.18. The van der Waals surface area contributed by atoms with Crippen LogP contribution in [-0.4, -0.2) is 27.6 Å². The molecule has 0 aliphatic rings. The third kappa shape index (κ3) is 2.28. The van der Waals surface area contributed by atoms with E-state index in [2.05, 4.69) is 0 Å². The Morgan fingerprint density at radius 1 is 1.25 bits per heavy atom. The van der Waals surface area contributed by atoms with Gasteiger partial charge in [-0.25, -0.2) is 4.79 Å². The molecule has 86 valence electrons. The molecule has 0 aliphatic heterocycles. The molecule has 0 radical (unpaired) electrons. The van der Waals surface area contributed by atoms with Crippen LogP contribution in [0.25, 0.3) is 0 Å². The molecule has 0 aromatic heterocycles. The number of carbonyl (C=O) groups is 2.